The van der Waals surface area contributed by atoms with Crippen molar-refractivity contribution < 1.29 is 4.79 Å². The molecule has 0 unspecified atom stereocenters. The van der Waals surface area contributed by atoms with Gasteiger partial charge >= 0.3 is 6.03 Å². The van der Waals surface area contributed by atoms with Crippen molar-refractivity contribution in [2.45, 2.75) is 26.2 Å². The molecule has 3 aromatic rings. The summed E-state index contributed by atoms with van der Waals surface area (Å²) in [5.74, 6) is 0. The van der Waals surface area contributed by atoms with E-state index in [9.17, 15) is 4.79 Å². The molecule has 3 rings (SSSR count). The number of aromatic nitrogens is 1. The highest BCUT2D eigenvalue weighted by molar-refractivity contribution is 7.16. The van der Waals surface area contributed by atoms with Crippen LogP contribution >= 0.6 is 11.3 Å². The highest BCUT2D eigenvalue weighted by atomic mass is 32.1. The second-order valence-corrected chi connectivity index (χ2v) is 6.78. The van der Waals surface area contributed by atoms with Crippen LogP contribution in [0.1, 0.15) is 24.8 Å². The van der Waals surface area contributed by atoms with Gasteiger partial charge in [-0.05, 0) is 25.0 Å². The maximum Gasteiger partial charge on any atom is 0.324 e. The fraction of sp³-hybridized carbons (Fsp3) is 0.200. The summed E-state index contributed by atoms with van der Waals surface area (Å²) >= 11 is 1.55. The van der Waals surface area contributed by atoms with Gasteiger partial charge in [-0.25, -0.2) is 9.78 Å². The maximum atomic E-state index is 12.3. The lowest BCUT2D eigenvalue weighted by atomic mass is 10.1. The van der Waals surface area contributed by atoms with Gasteiger partial charge < -0.3 is 5.32 Å². The Labute approximate surface area is 151 Å². The van der Waals surface area contributed by atoms with Gasteiger partial charge in [-0.1, -0.05) is 61.9 Å². The average Bonchev–Trinajstić information content (AvgIpc) is 3.04. The Bertz CT molecular complexity index is 815. The molecule has 1 heterocycles. The number of hydrogen-bond acceptors (Lipinski definition) is 3. The zero-order valence-electron chi connectivity index (χ0n) is 14.2. The molecular weight excluding hydrogens is 330 g/mol. The summed E-state index contributed by atoms with van der Waals surface area (Å²) in [6, 6.07) is 19.1. The second-order valence-electron chi connectivity index (χ2n) is 5.70. The lowest BCUT2D eigenvalue weighted by molar-refractivity contribution is 0.262. The number of rotatable bonds is 6. The number of hydrogen-bond donors (Lipinski definition) is 2. The van der Waals surface area contributed by atoms with Crippen molar-refractivity contribution in [3.05, 3.63) is 65.7 Å². The summed E-state index contributed by atoms with van der Waals surface area (Å²) in [5, 5.41) is 7.65. The van der Waals surface area contributed by atoms with Crippen LogP contribution in [-0.2, 0) is 6.42 Å². The third-order valence-electron chi connectivity index (χ3n) is 3.72. The van der Waals surface area contributed by atoms with E-state index < -0.39 is 0 Å². The van der Waals surface area contributed by atoms with E-state index in [1.165, 1.54) is 0 Å². The van der Waals surface area contributed by atoms with E-state index in [1.54, 1.807) is 11.3 Å². The minimum Gasteiger partial charge on any atom is -0.308 e. The molecule has 2 amide bonds. The van der Waals surface area contributed by atoms with Gasteiger partial charge in [-0.15, -0.1) is 11.3 Å². The summed E-state index contributed by atoms with van der Waals surface area (Å²) in [5.41, 5.74) is 2.61. The summed E-state index contributed by atoms with van der Waals surface area (Å²) in [7, 11) is 0. The summed E-state index contributed by atoms with van der Waals surface area (Å²) < 4.78 is 0. The molecule has 0 spiro atoms. The number of amides is 2. The van der Waals surface area contributed by atoms with E-state index in [-0.39, 0.29) is 6.03 Å². The van der Waals surface area contributed by atoms with E-state index in [1.807, 2.05) is 60.7 Å². The molecule has 0 saturated heterocycles. The SMILES string of the molecule is CCCCc1nc(-c2ccccc2)c(NC(=O)Nc2ccccc2)s1. The molecule has 0 aliphatic carbocycles. The number of anilines is 2. The number of urea groups is 1. The smallest absolute Gasteiger partial charge is 0.308 e. The molecule has 1 aromatic heterocycles. The lowest BCUT2D eigenvalue weighted by Crippen LogP contribution is -2.19. The molecule has 0 aliphatic rings. The number of unbranched alkanes of at least 4 members (excludes halogenated alkanes) is 1. The average molecular weight is 351 g/mol. The van der Waals surface area contributed by atoms with Crippen molar-refractivity contribution in [1.29, 1.82) is 0 Å². The highest BCUT2D eigenvalue weighted by Crippen LogP contribution is 2.34. The zero-order chi connectivity index (χ0) is 17.5. The summed E-state index contributed by atoms with van der Waals surface area (Å²) in [6.07, 6.45) is 3.15. The van der Waals surface area contributed by atoms with E-state index >= 15 is 0 Å². The molecule has 0 atom stereocenters. The standard InChI is InChI=1S/C20H21N3OS/c1-2-3-14-17-22-18(15-10-6-4-7-11-15)19(25-17)23-20(24)21-16-12-8-5-9-13-16/h4-13H,2-3,14H2,1H3,(H2,21,23,24). The van der Waals surface area contributed by atoms with Crippen molar-refractivity contribution in [2.75, 3.05) is 10.6 Å². The van der Waals surface area contributed by atoms with Gasteiger partial charge in [0.25, 0.3) is 0 Å². The number of nitrogens with zero attached hydrogens (tertiary/aromatic N) is 1. The first-order valence-corrected chi connectivity index (χ1v) is 9.26. The van der Waals surface area contributed by atoms with Crippen molar-refractivity contribution in [2.24, 2.45) is 0 Å². The van der Waals surface area contributed by atoms with Crippen LogP contribution in [0.2, 0.25) is 0 Å². The molecule has 0 bridgehead atoms. The molecule has 0 aliphatic heterocycles. The van der Waals surface area contributed by atoms with Gasteiger partial charge in [0.1, 0.15) is 10.7 Å². The lowest BCUT2D eigenvalue weighted by Gasteiger charge is -2.07. The van der Waals surface area contributed by atoms with Crippen molar-refractivity contribution in [1.82, 2.24) is 4.98 Å². The van der Waals surface area contributed by atoms with Gasteiger partial charge in [-0.3, -0.25) is 5.32 Å². The maximum absolute atomic E-state index is 12.3. The summed E-state index contributed by atoms with van der Waals surface area (Å²) in [4.78, 5) is 17.1. The number of benzene rings is 2. The van der Waals surface area contributed by atoms with Crippen LogP contribution in [0.3, 0.4) is 0 Å². The minimum absolute atomic E-state index is 0.255. The van der Waals surface area contributed by atoms with Crippen molar-refractivity contribution in [3.63, 3.8) is 0 Å². The fourth-order valence-electron chi connectivity index (χ4n) is 2.46. The van der Waals surface area contributed by atoms with Crippen LogP contribution in [-0.4, -0.2) is 11.0 Å². The molecule has 2 aromatic carbocycles. The van der Waals surface area contributed by atoms with Gasteiger partial charge in [0.2, 0.25) is 0 Å². The predicted molar refractivity (Wildman–Crippen MR) is 105 cm³/mol. The zero-order valence-corrected chi connectivity index (χ0v) is 15.0. The second kappa shape index (κ2) is 8.44. The van der Waals surface area contributed by atoms with Gasteiger partial charge in [-0.2, -0.15) is 0 Å². The first-order valence-electron chi connectivity index (χ1n) is 8.44. The number of thiazole rings is 1. The summed E-state index contributed by atoms with van der Waals surface area (Å²) in [6.45, 7) is 2.16. The predicted octanol–water partition coefficient (Wildman–Crippen LogP) is 5.80. The number of para-hydroxylation sites is 1. The number of nitrogens with one attached hydrogen (secondary N) is 2. The Morgan fingerprint density at radius 3 is 2.36 bits per heavy atom. The van der Waals surface area contributed by atoms with Crippen LogP contribution < -0.4 is 10.6 Å². The van der Waals surface area contributed by atoms with E-state index in [0.29, 0.717) is 0 Å². The highest BCUT2D eigenvalue weighted by Gasteiger charge is 2.15. The molecular formula is C20H21N3OS. The molecule has 0 radical (unpaired) electrons. The molecule has 128 valence electrons. The van der Waals surface area contributed by atoms with E-state index in [2.05, 4.69) is 17.6 Å². The van der Waals surface area contributed by atoms with Crippen molar-refractivity contribution in [3.8, 4) is 11.3 Å². The first-order chi connectivity index (χ1) is 12.3. The topological polar surface area (TPSA) is 54.0 Å². The van der Waals surface area contributed by atoms with Crippen molar-refractivity contribution >= 4 is 28.1 Å². The van der Waals surface area contributed by atoms with Crippen LogP contribution in [0, 0.1) is 0 Å². The quantitative estimate of drug-likeness (QED) is 0.590. The van der Waals surface area contributed by atoms with Gasteiger partial charge in [0.05, 0.1) is 5.01 Å². The Hall–Kier alpha value is -2.66. The normalized spacial score (nSPS) is 10.4. The third-order valence-corrected chi connectivity index (χ3v) is 4.75. The van der Waals surface area contributed by atoms with Crippen LogP contribution in [0.15, 0.2) is 60.7 Å². The Kier molecular flexibility index (Phi) is 5.80. The third kappa shape index (κ3) is 4.67. The van der Waals surface area contributed by atoms with Crippen LogP contribution in [0.4, 0.5) is 15.5 Å². The number of carbonyl (C=O) groups is 1. The Balaban J connectivity index is 1.81. The Morgan fingerprint density at radius 2 is 1.68 bits per heavy atom. The van der Waals surface area contributed by atoms with E-state index in [4.69, 9.17) is 4.98 Å². The molecule has 0 fully saturated rings. The monoisotopic (exact) mass is 351 g/mol. The molecule has 0 saturated carbocycles. The Morgan fingerprint density at radius 1 is 1.00 bits per heavy atom. The van der Waals surface area contributed by atoms with Gasteiger partial charge in [0, 0.05) is 11.3 Å². The van der Waals surface area contributed by atoms with Crippen LogP contribution in [0.5, 0.6) is 0 Å². The molecule has 25 heavy (non-hydrogen) atoms. The number of aryl methyl sites for hydroxylation is 1. The largest absolute Gasteiger partial charge is 0.324 e. The van der Waals surface area contributed by atoms with Crippen LogP contribution in [0.25, 0.3) is 11.3 Å². The minimum atomic E-state index is -0.255. The number of carbonyl (C=O) groups excluding carboxylic acids is 1. The first kappa shape index (κ1) is 17.2. The molecule has 2 N–H and O–H groups in total. The molecule has 4 nitrogen and oxygen atoms in total. The molecule has 5 heteroatoms. The van der Waals surface area contributed by atoms with E-state index in [0.717, 1.165) is 46.2 Å². The van der Waals surface area contributed by atoms with Gasteiger partial charge in [0.15, 0.2) is 0 Å². The fourth-order valence-corrected chi connectivity index (χ4v) is 3.49.